The van der Waals surface area contributed by atoms with Gasteiger partial charge in [0.2, 0.25) is 5.91 Å². The zero-order valence-electron chi connectivity index (χ0n) is 10.6. The zero-order valence-corrected chi connectivity index (χ0v) is 10.6. The molecule has 2 N–H and O–H groups in total. The molecule has 0 bridgehead atoms. The monoisotopic (exact) mass is 249 g/mol. The van der Waals surface area contributed by atoms with Gasteiger partial charge in [-0.1, -0.05) is 6.92 Å². The zero-order chi connectivity index (χ0) is 13.0. The number of aromatic nitrogens is 1. The van der Waals surface area contributed by atoms with Gasteiger partial charge in [-0.3, -0.25) is 9.78 Å². The maximum absolute atomic E-state index is 11.9. The summed E-state index contributed by atoms with van der Waals surface area (Å²) < 4.78 is 5.77. The number of nitrogens with zero attached hydrogens (tertiary/aromatic N) is 2. The molecule has 5 heteroatoms. The fourth-order valence-electron chi connectivity index (χ4n) is 2.04. The highest BCUT2D eigenvalue weighted by Crippen LogP contribution is 2.17. The second-order valence-electron chi connectivity index (χ2n) is 4.52. The third kappa shape index (κ3) is 2.98. The van der Waals surface area contributed by atoms with E-state index >= 15 is 0 Å². The SMILES string of the molecule is CC[C@H](N)C(=O)N1CC[C@H](Oc2cccnc2)C1. The van der Waals surface area contributed by atoms with Gasteiger partial charge in [-0.05, 0) is 18.6 Å². The number of nitrogens with two attached hydrogens (primary N) is 1. The smallest absolute Gasteiger partial charge is 0.239 e. The number of ether oxygens (including phenoxy) is 1. The van der Waals surface area contributed by atoms with E-state index in [0.717, 1.165) is 18.7 Å². The van der Waals surface area contributed by atoms with E-state index in [2.05, 4.69) is 4.98 Å². The maximum atomic E-state index is 11.9. The standard InChI is InChI=1S/C13H19N3O2/c1-2-12(14)13(17)16-7-5-11(9-16)18-10-4-3-6-15-8-10/h3-4,6,8,11-12H,2,5,7,9,14H2,1H3/t11-,12-/m0/s1. The lowest BCUT2D eigenvalue weighted by Crippen LogP contribution is -2.42. The molecule has 0 unspecified atom stereocenters. The van der Waals surface area contributed by atoms with E-state index < -0.39 is 0 Å². The first-order valence-electron chi connectivity index (χ1n) is 6.31. The summed E-state index contributed by atoms with van der Waals surface area (Å²) in [6.45, 7) is 3.25. The van der Waals surface area contributed by atoms with Crippen molar-refractivity contribution in [2.75, 3.05) is 13.1 Å². The van der Waals surface area contributed by atoms with Crippen LogP contribution in [0.1, 0.15) is 19.8 Å². The molecule has 2 rings (SSSR count). The van der Waals surface area contributed by atoms with Crippen LogP contribution in [-0.2, 0) is 4.79 Å². The number of carbonyl (C=O) groups excluding carboxylic acids is 1. The van der Waals surface area contributed by atoms with Crippen LogP contribution in [0.4, 0.5) is 0 Å². The molecule has 2 heterocycles. The third-order valence-electron chi connectivity index (χ3n) is 3.15. The number of rotatable bonds is 4. The van der Waals surface area contributed by atoms with Gasteiger partial charge in [0.05, 0.1) is 18.8 Å². The molecular weight excluding hydrogens is 230 g/mol. The molecule has 1 amide bonds. The van der Waals surface area contributed by atoms with Crippen molar-refractivity contribution < 1.29 is 9.53 Å². The predicted molar refractivity (Wildman–Crippen MR) is 68.1 cm³/mol. The Hall–Kier alpha value is -1.62. The van der Waals surface area contributed by atoms with Crippen LogP contribution in [0.15, 0.2) is 24.5 Å². The van der Waals surface area contributed by atoms with Gasteiger partial charge in [0.25, 0.3) is 0 Å². The van der Waals surface area contributed by atoms with Gasteiger partial charge >= 0.3 is 0 Å². The van der Waals surface area contributed by atoms with Crippen LogP contribution in [0.5, 0.6) is 5.75 Å². The molecule has 0 radical (unpaired) electrons. The molecule has 1 aliphatic heterocycles. The lowest BCUT2D eigenvalue weighted by Gasteiger charge is -2.20. The van der Waals surface area contributed by atoms with Crippen molar-refractivity contribution in [2.24, 2.45) is 5.73 Å². The van der Waals surface area contributed by atoms with Gasteiger partial charge in [-0.2, -0.15) is 0 Å². The van der Waals surface area contributed by atoms with Gasteiger partial charge in [-0.25, -0.2) is 0 Å². The number of pyridine rings is 1. The van der Waals surface area contributed by atoms with Crippen molar-refractivity contribution in [3.05, 3.63) is 24.5 Å². The normalized spacial score (nSPS) is 20.8. The summed E-state index contributed by atoms with van der Waals surface area (Å²) in [7, 11) is 0. The molecule has 5 nitrogen and oxygen atoms in total. The summed E-state index contributed by atoms with van der Waals surface area (Å²) in [6, 6.07) is 3.32. The fourth-order valence-corrected chi connectivity index (χ4v) is 2.04. The van der Waals surface area contributed by atoms with E-state index in [1.54, 1.807) is 17.3 Å². The van der Waals surface area contributed by atoms with Gasteiger partial charge in [0.15, 0.2) is 0 Å². The Labute approximate surface area is 107 Å². The first kappa shape index (κ1) is 12.8. The van der Waals surface area contributed by atoms with Crippen molar-refractivity contribution in [1.82, 2.24) is 9.88 Å². The van der Waals surface area contributed by atoms with E-state index in [1.807, 2.05) is 19.1 Å². The number of hydrogen-bond donors (Lipinski definition) is 1. The summed E-state index contributed by atoms with van der Waals surface area (Å²) >= 11 is 0. The number of hydrogen-bond acceptors (Lipinski definition) is 4. The summed E-state index contributed by atoms with van der Waals surface area (Å²) in [5.41, 5.74) is 5.75. The molecule has 1 aliphatic rings. The molecule has 0 saturated carbocycles. The van der Waals surface area contributed by atoms with Crippen LogP contribution in [0.25, 0.3) is 0 Å². The van der Waals surface area contributed by atoms with Gasteiger partial charge in [-0.15, -0.1) is 0 Å². The van der Waals surface area contributed by atoms with Gasteiger partial charge < -0.3 is 15.4 Å². The Morgan fingerprint density at radius 1 is 1.72 bits per heavy atom. The number of amides is 1. The molecule has 18 heavy (non-hydrogen) atoms. The van der Waals surface area contributed by atoms with Gasteiger partial charge in [0, 0.05) is 19.2 Å². The lowest BCUT2D eigenvalue weighted by molar-refractivity contribution is -0.131. The molecule has 0 aliphatic carbocycles. The fraction of sp³-hybridized carbons (Fsp3) is 0.538. The van der Waals surface area contributed by atoms with Crippen LogP contribution in [-0.4, -0.2) is 41.0 Å². The Kier molecular flexibility index (Phi) is 4.15. The van der Waals surface area contributed by atoms with Gasteiger partial charge in [0.1, 0.15) is 11.9 Å². The highest BCUT2D eigenvalue weighted by atomic mass is 16.5. The van der Waals surface area contributed by atoms with Crippen LogP contribution < -0.4 is 10.5 Å². The Bertz CT molecular complexity index is 396. The molecule has 0 aromatic carbocycles. The summed E-state index contributed by atoms with van der Waals surface area (Å²) in [5.74, 6) is 0.770. The van der Waals surface area contributed by atoms with Crippen molar-refractivity contribution in [1.29, 1.82) is 0 Å². The van der Waals surface area contributed by atoms with Crippen molar-refractivity contribution in [2.45, 2.75) is 31.9 Å². The summed E-state index contributed by atoms with van der Waals surface area (Å²) in [6.07, 6.45) is 4.95. The highest BCUT2D eigenvalue weighted by Gasteiger charge is 2.29. The largest absolute Gasteiger partial charge is 0.487 e. The quantitative estimate of drug-likeness (QED) is 0.857. The van der Waals surface area contributed by atoms with Crippen LogP contribution >= 0.6 is 0 Å². The minimum atomic E-state index is -0.387. The molecule has 2 atom stereocenters. The van der Waals surface area contributed by atoms with E-state index in [4.69, 9.17) is 10.5 Å². The number of carbonyl (C=O) groups is 1. The Balaban J connectivity index is 1.87. The van der Waals surface area contributed by atoms with Crippen molar-refractivity contribution in [3.63, 3.8) is 0 Å². The number of likely N-dealkylation sites (tertiary alicyclic amines) is 1. The molecule has 1 fully saturated rings. The van der Waals surface area contributed by atoms with Crippen LogP contribution in [0.2, 0.25) is 0 Å². The van der Waals surface area contributed by atoms with Crippen molar-refractivity contribution >= 4 is 5.91 Å². The minimum Gasteiger partial charge on any atom is -0.487 e. The first-order chi connectivity index (χ1) is 8.70. The third-order valence-corrected chi connectivity index (χ3v) is 3.15. The second-order valence-corrected chi connectivity index (χ2v) is 4.52. The van der Waals surface area contributed by atoms with E-state index in [1.165, 1.54) is 0 Å². The van der Waals surface area contributed by atoms with E-state index in [-0.39, 0.29) is 18.1 Å². The average Bonchev–Trinajstić information content (AvgIpc) is 2.86. The molecule has 1 aromatic rings. The molecule has 1 aromatic heterocycles. The van der Waals surface area contributed by atoms with Crippen LogP contribution in [0, 0.1) is 0 Å². The van der Waals surface area contributed by atoms with Crippen LogP contribution in [0.3, 0.4) is 0 Å². The topological polar surface area (TPSA) is 68.5 Å². The van der Waals surface area contributed by atoms with E-state index in [0.29, 0.717) is 13.0 Å². The van der Waals surface area contributed by atoms with Crippen molar-refractivity contribution in [3.8, 4) is 5.75 Å². The highest BCUT2D eigenvalue weighted by molar-refractivity contribution is 5.81. The predicted octanol–water partition coefficient (Wildman–Crippen LogP) is 0.799. The van der Waals surface area contributed by atoms with E-state index in [9.17, 15) is 4.79 Å². The summed E-state index contributed by atoms with van der Waals surface area (Å²) in [4.78, 5) is 17.7. The average molecular weight is 249 g/mol. The molecule has 0 spiro atoms. The minimum absolute atomic E-state index is 0.0230. The lowest BCUT2D eigenvalue weighted by atomic mass is 10.2. The molecule has 1 saturated heterocycles. The Morgan fingerprint density at radius 3 is 3.22 bits per heavy atom. The molecular formula is C13H19N3O2. The molecule has 98 valence electrons. The summed E-state index contributed by atoms with van der Waals surface area (Å²) in [5, 5.41) is 0. The first-order valence-corrected chi connectivity index (χ1v) is 6.31. The second kappa shape index (κ2) is 5.82. The maximum Gasteiger partial charge on any atom is 0.239 e. The Morgan fingerprint density at radius 2 is 2.56 bits per heavy atom.